The first kappa shape index (κ1) is 29.8. The van der Waals surface area contributed by atoms with Gasteiger partial charge in [0.05, 0.1) is 11.0 Å². The normalized spacial score (nSPS) is 10.2. The van der Waals surface area contributed by atoms with Crippen molar-refractivity contribution in [2.45, 2.75) is 0 Å². The number of pyridine rings is 2. The average Bonchev–Trinajstić information content (AvgIpc) is 2.99. The minimum absolute atomic E-state index is 0. The Morgan fingerprint density at radius 3 is 1.18 bits per heavy atom. The Morgan fingerprint density at radius 1 is 0.553 bits per heavy atom. The van der Waals surface area contributed by atoms with Crippen molar-refractivity contribution in [3.63, 3.8) is 0 Å². The predicted octanol–water partition coefficient (Wildman–Crippen LogP) is 4.73. The quantitative estimate of drug-likeness (QED) is 0.174. The first-order valence-corrected chi connectivity index (χ1v) is 19.6. The van der Waals surface area contributed by atoms with Gasteiger partial charge in [0.25, 0.3) is 6.47 Å². The van der Waals surface area contributed by atoms with Gasteiger partial charge >= 0.3 is 157 Å². The van der Waals surface area contributed by atoms with Crippen LogP contribution < -0.4 is 10.7 Å². The van der Waals surface area contributed by atoms with Gasteiger partial charge in [0.2, 0.25) is 0 Å². The standard InChI is InChI=1S/C12H8N2.3C6H5.CH2O2.ClH.Na.Sn.H/c1-3-9-5-6-10-4-2-8-14-12(10)11(9)13-7-1;3*1-2-4-6-5-3-1;2-1-3;;;;/h1-8H;3*1-5H;1H,(H,2,3);1H;;;/q;;;;;;;+1;/p-1. The Balaban J connectivity index is 0.000000195. The molecule has 7 heteroatoms. The summed E-state index contributed by atoms with van der Waals surface area (Å²) in [6.45, 7) is -0.250. The molecule has 4 nitrogen and oxygen atoms in total. The van der Waals surface area contributed by atoms with E-state index in [1.54, 1.807) is 12.4 Å². The fraction of sp³-hybridized carbons (Fsp3) is 0. The summed E-state index contributed by atoms with van der Waals surface area (Å²) in [7, 11) is 7.33. The fourth-order valence-electron chi connectivity index (χ4n) is 4.18. The van der Waals surface area contributed by atoms with Crippen molar-refractivity contribution < 1.29 is 9.90 Å². The van der Waals surface area contributed by atoms with Gasteiger partial charge in [0, 0.05) is 23.2 Å². The Labute approximate surface area is 252 Å². The molecule has 0 saturated heterocycles. The average molecular weight is 636 g/mol. The van der Waals surface area contributed by atoms with Crippen molar-refractivity contribution in [3.8, 4) is 0 Å². The minimum atomic E-state index is -3.30. The maximum absolute atomic E-state index is 8.36. The van der Waals surface area contributed by atoms with E-state index in [4.69, 9.17) is 18.8 Å². The van der Waals surface area contributed by atoms with Crippen LogP contribution in [-0.2, 0) is 4.79 Å². The number of fused-ring (bicyclic) bond motifs is 3. The van der Waals surface area contributed by atoms with Crippen LogP contribution in [0.25, 0.3) is 21.8 Å². The van der Waals surface area contributed by atoms with E-state index in [1.807, 2.05) is 30.3 Å². The summed E-state index contributed by atoms with van der Waals surface area (Å²) in [5.41, 5.74) is 1.95. The van der Waals surface area contributed by atoms with E-state index in [0.29, 0.717) is 0 Å². The first-order valence-electron chi connectivity index (χ1n) is 11.7. The van der Waals surface area contributed by atoms with Crippen LogP contribution in [0.15, 0.2) is 140 Å². The molecule has 0 saturated carbocycles. The van der Waals surface area contributed by atoms with Crippen LogP contribution in [-0.4, -0.2) is 68.4 Å². The summed E-state index contributed by atoms with van der Waals surface area (Å²) in [5.74, 6) is 0. The molecule has 38 heavy (non-hydrogen) atoms. The summed E-state index contributed by atoms with van der Waals surface area (Å²) < 4.78 is 3.88. The zero-order valence-electron chi connectivity index (χ0n) is 20.0. The Kier molecular flexibility index (Phi) is 11.8. The van der Waals surface area contributed by atoms with Crippen molar-refractivity contribution in [2.24, 2.45) is 0 Å². The summed E-state index contributed by atoms with van der Waals surface area (Å²) in [6, 6.07) is 43.8. The fourth-order valence-corrected chi connectivity index (χ4v) is 15.2. The summed E-state index contributed by atoms with van der Waals surface area (Å²) in [4.78, 5) is 17.1. The van der Waals surface area contributed by atoms with Crippen molar-refractivity contribution >= 4 is 94.7 Å². The zero-order chi connectivity index (χ0) is 25.9. The molecule has 184 valence electrons. The van der Waals surface area contributed by atoms with Crippen molar-refractivity contribution in [1.29, 1.82) is 0 Å². The van der Waals surface area contributed by atoms with Gasteiger partial charge in [0.15, 0.2) is 0 Å². The van der Waals surface area contributed by atoms with Crippen LogP contribution in [0, 0.1) is 0 Å². The number of rotatable bonds is 3. The minimum Gasteiger partial charge on any atom is -0.254 e. The molecule has 6 aromatic rings. The largest absolute Gasteiger partial charge is 0.254 e. The topological polar surface area (TPSA) is 63.1 Å². The predicted molar refractivity (Wildman–Crippen MR) is 163 cm³/mol. The molecule has 0 bridgehead atoms. The van der Waals surface area contributed by atoms with Crippen LogP contribution in [0.5, 0.6) is 0 Å². The van der Waals surface area contributed by atoms with Crippen molar-refractivity contribution in [2.75, 3.05) is 0 Å². The number of hydrogen-bond acceptors (Lipinski definition) is 3. The van der Waals surface area contributed by atoms with E-state index in [0.717, 1.165) is 21.8 Å². The van der Waals surface area contributed by atoms with Crippen LogP contribution in [0.1, 0.15) is 0 Å². The first-order chi connectivity index (χ1) is 18.2. The molecule has 0 amide bonds. The Hall–Kier alpha value is -2.74. The third-order valence-electron chi connectivity index (χ3n) is 5.86. The monoisotopic (exact) mass is 636 g/mol. The molecule has 0 aliphatic rings. The van der Waals surface area contributed by atoms with E-state index in [-0.39, 0.29) is 36.0 Å². The SMILES string of the molecule is O=CO.[Cl][Sn]([c]1ccccc1)([c]1ccccc1)[c]1ccccc1.[NaH].c1cnc2c(c1)ccc1cccnc12. The van der Waals surface area contributed by atoms with E-state index >= 15 is 0 Å². The van der Waals surface area contributed by atoms with Crippen molar-refractivity contribution in [3.05, 3.63) is 140 Å². The van der Waals surface area contributed by atoms with E-state index < -0.39 is 17.3 Å². The van der Waals surface area contributed by atoms with Gasteiger partial charge in [-0.15, -0.1) is 0 Å². The van der Waals surface area contributed by atoms with Gasteiger partial charge in [-0.1, -0.05) is 24.3 Å². The molecule has 2 aromatic heterocycles. The van der Waals surface area contributed by atoms with Gasteiger partial charge in [0.1, 0.15) is 0 Å². The number of nitrogens with zero attached hydrogens (tertiary/aromatic N) is 2. The molecule has 6 rings (SSSR count). The molecule has 1 N–H and O–H groups in total. The van der Waals surface area contributed by atoms with Gasteiger partial charge in [-0.3, -0.25) is 14.8 Å². The second kappa shape index (κ2) is 15.0. The molecular weight excluding hydrogens is 610 g/mol. The third kappa shape index (κ3) is 7.01. The van der Waals surface area contributed by atoms with E-state index in [2.05, 4.69) is 107 Å². The third-order valence-corrected chi connectivity index (χ3v) is 19.9. The maximum atomic E-state index is 8.36. The number of benzene rings is 4. The number of carboxylic acid groups (broad SMARTS) is 1. The van der Waals surface area contributed by atoms with Crippen LogP contribution >= 0.6 is 8.92 Å². The summed E-state index contributed by atoms with van der Waals surface area (Å²) in [6.07, 6.45) is 3.60. The molecule has 0 unspecified atom stereocenters. The molecule has 0 aliphatic heterocycles. The summed E-state index contributed by atoms with van der Waals surface area (Å²) in [5, 5.41) is 9.16. The van der Waals surface area contributed by atoms with E-state index in [1.165, 1.54) is 10.7 Å². The van der Waals surface area contributed by atoms with Gasteiger partial charge in [-0.05, 0) is 12.1 Å². The van der Waals surface area contributed by atoms with Crippen LogP contribution in [0.3, 0.4) is 0 Å². The van der Waals surface area contributed by atoms with E-state index in [9.17, 15) is 0 Å². The number of carbonyl (C=O) groups is 1. The maximum Gasteiger partial charge on any atom is 0.0964 e. The molecule has 2 heterocycles. The second-order valence-electron chi connectivity index (χ2n) is 8.08. The molecule has 0 aliphatic carbocycles. The summed E-state index contributed by atoms with van der Waals surface area (Å²) >= 11 is -3.30. The van der Waals surface area contributed by atoms with Crippen molar-refractivity contribution in [1.82, 2.24) is 9.97 Å². The molecular formula is C31H26ClN2NaO2Sn. The molecule has 4 aromatic carbocycles. The zero-order valence-corrected chi connectivity index (χ0v) is 23.6. The number of hydrogen-bond donors (Lipinski definition) is 1. The number of aromatic nitrogens is 2. The van der Waals surface area contributed by atoms with Crippen LogP contribution in [0.4, 0.5) is 0 Å². The Bertz CT molecular complexity index is 1420. The smallest absolute Gasteiger partial charge is 0.0964 e. The molecule has 0 spiro atoms. The Morgan fingerprint density at radius 2 is 0.868 bits per heavy atom. The van der Waals surface area contributed by atoms with Crippen LogP contribution in [0.2, 0.25) is 0 Å². The number of halogens is 1. The molecule has 0 radical (unpaired) electrons. The second-order valence-corrected chi connectivity index (χ2v) is 20.6. The van der Waals surface area contributed by atoms with Gasteiger partial charge in [-0.2, -0.15) is 0 Å². The molecule has 0 atom stereocenters. The van der Waals surface area contributed by atoms with Gasteiger partial charge < -0.3 is 5.11 Å². The molecule has 0 fully saturated rings. The van der Waals surface area contributed by atoms with Gasteiger partial charge in [-0.25, -0.2) is 0 Å².